The fourth-order valence-corrected chi connectivity index (χ4v) is 2.93. The van der Waals surface area contributed by atoms with Gasteiger partial charge in [0.1, 0.15) is 18.1 Å². The second-order valence-electron chi connectivity index (χ2n) is 6.52. The number of nitrogens with one attached hydrogen (secondary N) is 2. The molecule has 2 atom stereocenters. The smallest absolute Gasteiger partial charge is 0.287 e. The highest BCUT2D eigenvalue weighted by Crippen LogP contribution is 2.20. The highest BCUT2D eigenvalue weighted by molar-refractivity contribution is 5.91. The van der Waals surface area contributed by atoms with Gasteiger partial charge in [0.05, 0.1) is 6.10 Å². The van der Waals surface area contributed by atoms with Gasteiger partial charge >= 0.3 is 0 Å². The van der Waals surface area contributed by atoms with Gasteiger partial charge in [-0.1, -0.05) is 17.7 Å². The summed E-state index contributed by atoms with van der Waals surface area (Å²) in [5.41, 5.74) is 2.25. The molecule has 6 nitrogen and oxygen atoms in total. The summed E-state index contributed by atoms with van der Waals surface area (Å²) in [5.74, 6) is 1.39. The fourth-order valence-electron chi connectivity index (χ4n) is 2.93. The van der Waals surface area contributed by atoms with Crippen LogP contribution >= 0.6 is 12.4 Å². The van der Waals surface area contributed by atoms with Crippen LogP contribution in [0.1, 0.15) is 27.4 Å². The molecule has 0 saturated carbocycles. The Morgan fingerprint density at radius 3 is 2.81 bits per heavy atom. The van der Waals surface area contributed by atoms with Crippen LogP contribution < -0.4 is 15.4 Å². The second-order valence-corrected chi connectivity index (χ2v) is 6.52. The zero-order chi connectivity index (χ0) is 17.8. The lowest BCUT2D eigenvalue weighted by Crippen LogP contribution is -2.34. The first kappa shape index (κ1) is 20.3. The van der Waals surface area contributed by atoms with Crippen molar-refractivity contribution in [1.82, 2.24) is 10.6 Å². The van der Waals surface area contributed by atoms with Crippen molar-refractivity contribution in [2.45, 2.75) is 26.6 Å². The van der Waals surface area contributed by atoms with E-state index in [0.29, 0.717) is 25.4 Å². The van der Waals surface area contributed by atoms with Gasteiger partial charge in [0.2, 0.25) is 0 Å². The number of amides is 1. The van der Waals surface area contributed by atoms with E-state index in [2.05, 4.69) is 16.7 Å². The maximum Gasteiger partial charge on any atom is 0.287 e. The minimum absolute atomic E-state index is 0. The van der Waals surface area contributed by atoms with Crippen LogP contribution in [-0.2, 0) is 6.61 Å². The highest BCUT2D eigenvalue weighted by atomic mass is 35.5. The fraction of sp³-hybridized carbons (Fsp3) is 0.421. The molecule has 0 aliphatic carbocycles. The minimum Gasteiger partial charge on any atom is -0.485 e. The lowest BCUT2D eigenvalue weighted by molar-refractivity contribution is 0.0896. The quantitative estimate of drug-likeness (QED) is 0.715. The first-order valence-electron chi connectivity index (χ1n) is 8.48. The van der Waals surface area contributed by atoms with E-state index < -0.39 is 6.10 Å². The first-order valence-corrected chi connectivity index (χ1v) is 8.48. The Labute approximate surface area is 159 Å². The maximum absolute atomic E-state index is 12.1. The van der Waals surface area contributed by atoms with Crippen molar-refractivity contribution < 1.29 is 19.1 Å². The summed E-state index contributed by atoms with van der Waals surface area (Å²) in [4.78, 5) is 12.1. The number of aryl methyl sites for hydroxylation is 2. The van der Waals surface area contributed by atoms with Gasteiger partial charge < -0.3 is 24.9 Å². The number of β-amino-alcohol motifs (C(OH)–C–C–N with tert-alkyl or cyclic N) is 1. The predicted molar refractivity (Wildman–Crippen MR) is 101 cm³/mol. The Hall–Kier alpha value is -2.02. The van der Waals surface area contributed by atoms with Crippen molar-refractivity contribution in [2.24, 2.45) is 5.92 Å². The molecule has 3 rings (SSSR count). The van der Waals surface area contributed by atoms with E-state index in [1.807, 2.05) is 26.0 Å². The average molecular weight is 381 g/mol. The third kappa shape index (κ3) is 5.00. The summed E-state index contributed by atoms with van der Waals surface area (Å²) in [5, 5.41) is 15.6. The van der Waals surface area contributed by atoms with Crippen molar-refractivity contribution >= 4 is 18.3 Å². The zero-order valence-electron chi connectivity index (χ0n) is 15.0. The van der Waals surface area contributed by atoms with Crippen molar-refractivity contribution in [3.8, 4) is 5.75 Å². The number of halogens is 1. The number of aliphatic hydroxyl groups is 1. The maximum atomic E-state index is 12.1. The van der Waals surface area contributed by atoms with Crippen LogP contribution in [0.15, 0.2) is 34.7 Å². The molecule has 0 bridgehead atoms. The number of carbonyl (C=O) groups is 1. The van der Waals surface area contributed by atoms with Gasteiger partial charge in [-0.2, -0.15) is 0 Å². The molecule has 2 aromatic rings. The number of furan rings is 1. The summed E-state index contributed by atoms with van der Waals surface area (Å²) in [7, 11) is 0. The number of benzene rings is 1. The zero-order valence-corrected chi connectivity index (χ0v) is 15.8. The summed E-state index contributed by atoms with van der Waals surface area (Å²) in [6.45, 7) is 5.99. The van der Waals surface area contributed by atoms with Crippen molar-refractivity contribution in [2.75, 3.05) is 19.6 Å². The van der Waals surface area contributed by atoms with E-state index in [1.165, 1.54) is 5.56 Å². The molecule has 1 amide bonds. The predicted octanol–water partition coefficient (Wildman–Crippen LogP) is 2.21. The summed E-state index contributed by atoms with van der Waals surface area (Å²) < 4.78 is 11.3. The molecule has 142 valence electrons. The molecule has 7 heteroatoms. The van der Waals surface area contributed by atoms with Gasteiger partial charge in [-0.3, -0.25) is 4.79 Å². The molecular weight excluding hydrogens is 356 g/mol. The molecule has 0 radical (unpaired) electrons. The van der Waals surface area contributed by atoms with Crippen LogP contribution in [0.3, 0.4) is 0 Å². The summed E-state index contributed by atoms with van der Waals surface area (Å²) in [6, 6.07) is 9.37. The summed E-state index contributed by atoms with van der Waals surface area (Å²) >= 11 is 0. The second kappa shape index (κ2) is 9.07. The van der Waals surface area contributed by atoms with Crippen LogP contribution in [0, 0.1) is 19.8 Å². The molecule has 1 aromatic heterocycles. The average Bonchev–Trinajstić information content (AvgIpc) is 3.21. The van der Waals surface area contributed by atoms with E-state index in [1.54, 1.807) is 12.1 Å². The van der Waals surface area contributed by atoms with Gasteiger partial charge in [-0.25, -0.2) is 0 Å². The van der Waals surface area contributed by atoms with Gasteiger partial charge in [0.25, 0.3) is 5.91 Å². The molecule has 2 unspecified atom stereocenters. The lowest BCUT2D eigenvalue weighted by atomic mass is 10.1. The van der Waals surface area contributed by atoms with Gasteiger partial charge in [0.15, 0.2) is 5.76 Å². The molecule has 1 aromatic carbocycles. The molecular formula is C19H25ClN2O4. The van der Waals surface area contributed by atoms with Gasteiger partial charge in [-0.05, 0) is 37.6 Å². The number of aliphatic hydroxyl groups excluding tert-OH is 1. The first-order chi connectivity index (χ1) is 12.0. The van der Waals surface area contributed by atoms with E-state index in [9.17, 15) is 9.90 Å². The molecule has 26 heavy (non-hydrogen) atoms. The molecule has 2 heterocycles. The third-order valence-electron chi connectivity index (χ3n) is 4.41. The Bertz CT molecular complexity index is 747. The number of ether oxygens (including phenoxy) is 1. The monoisotopic (exact) mass is 380 g/mol. The topological polar surface area (TPSA) is 83.7 Å². The number of hydrogen-bond acceptors (Lipinski definition) is 5. The van der Waals surface area contributed by atoms with Gasteiger partial charge in [0, 0.05) is 25.6 Å². The van der Waals surface area contributed by atoms with Gasteiger partial charge in [-0.15, -0.1) is 12.4 Å². The van der Waals surface area contributed by atoms with Crippen LogP contribution in [0.4, 0.5) is 0 Å². The SMILES string of the molecule is Cc1ccc(OCc2ccc(C(=O)NCC3CNCC3O)o2)c(C)c1.Cl. The largest absolute Gasteiger partial charge is 0.485 e. The Morgan fingerprint density at radius 1 is 1.31 bits per heavy atom. The van der Waals surface area contributed by atoms with Crippen molar-refractivity contribution in [3.63, 3.8) is 0 Å². The molecule has 1 aliphatic rings. The van der Waals surface area contributed by atoms with E-state index in [0.717, 1.165) is 11.3 Å². The van der Waals surface area contributed by atoms with Crippen LogP contribution in [0.2, 0.25) is 0 Å². The Morgan fingerprint density at radius 2 is 2.12 bits per heavy atom. The molecule has 0 spiro atoms. The standard InChI is InChI=1S/C19H24N2O4.ClH/c1-12-3-5-17(13(2)7-12)24-11-15-4-6-18(25-15)19(23)21-9-14-8-20-10-16(14)22;/h3-7,14,16,20,22H,8-11H2,1-2H3,(H,21,23);1H. The Balaban J connectivity index is 0.00000243. The third-order valence-corrected chi connectivity index (χ3v) is 4.41. The van der Waals surface area contributed by atoms with Crippen molar-refractivity contribution in [1.29, 1.82) is 0 Å². The van der Waals surface area contributed by atoms with Crippen molar-refractivity contribution in [3.05, 3.63) is 53.0 Å². The highest BCUT2D eigenvalue weighted by Gasteiger charge is 2.25. The van der Waals surface area contributed by atoms with Crippen LogP contribution in [0.5, 0.6) is 5.75 Å². The molecule has 1 fully saturated rings. The lowest BCUT2D eigenvalue weighted by Gasteiger charge is -2.13. The Kier molecular flexibility index (Phi) is 7.08. The van der Waals surface area contributed by atoms with Crippen LogP contribution in [-0.4, -0.2) is 36.8 Å². The van der Waals surface area contributed by atoms with E-state index >= 15 is 0 Å². The number of hydrogen-bond donors (Lipinski definition) is 3. The van der Waals surface area contributed by atoms with Crippen LogP contribution in [0.25, 0.3) is 0 Å². The van der Waals surface area contributed by atoms with E-state index in [-0.39, 0.29) is 36.6 Å². The van der Waals surface area contributed by atoms with E-state index in [4.69, 9.17) is 9.15 Å². The number of carbonyl (C=O) groups excluding carboxylic acids is 1. The molecule has 3 N–H and O–H groups in total. The molecule has 1 aliphatic heterocycles. The summed E-state index contributed by atoms with van der Waals surface area (Å²) in [6.07, 6.45) is -0.418. The normalized spacial score (nSPS) is 19.0. The number of rotatable bonds is 6. The molecule has 1 saturated heterocycles. The minimum atomic E-state index is -0.418.